The van der Waals surface area contributed by atoms with Gasteiger partial charge in [0.15, 0.2) is 0 Å². The van der Waals surface area contributed by atoms with Crippen LogP contribution in [-0.2, 0) is 4.79 Å². The van der Waals surface area contributed by atoms with Gasteiger partial charge in [-0.25, -0.2) is 4.79 Å². The van der Waals surface area contributed by atoms with Crippen molar-refractivity contribution in [2.45, 2.75) is 13.3 Å². The van der Waals surface area contributed by atoms with Gasteiger partial charge in [-0.05, 0) is 18.6 Å². The molecule has 0 unspecified atom stereocenters. The molecule has 0 aliphatic rings. The van der Waals surface area contributed by atoms with E-state index in [1.54, 1.807) is 13.0 Å². The summed E-state index contributed by atoms with van der Waals surface area (Å²) >= 11 is 0. The molecule has 0 bridgehead atoms. The van der Waals surface area contributed by atoms with Gasteiger partial charge in [0.25, 0.3) is 0 Å². The smallest absolute Gasteiger partial charge is 0.330 e. The van der Waals surface area contributed by atoms with Crippen LogP contribution < -0.4 is 4.74 Å². The Bertz CT molecular complexity index is 630. The first-order valence-corrected chi connectivity index (χ1v) is 6.86. The molecule has 0 atom stereocenters. The number of carboxylic acids is 1. The van der Waals surface area contributed by atoms with E-state index >= 15 is 0 Å². The van der Waals surface area contributed by atoms with E-state index in [-0.39, 0.29) is 0 Å². The Morgan fingerprint density at radius 3 is 2.48 bits per heavy atom. The van der Waals surface area contributed by atoms with Crippen LogP contribution in [0.1, 0.15) is 13.3 Å². The van der Waals surface area contributed by atoms with Gasteiger partial charge < -0.3 is 9.84 Å². The summed E-state index contributed by atoms with van der Waals surface area (Å²) in [5.41, 5.74) is 2.48. The van der Waals surface area contributed by atoms with Crippen LogP contribution in [0.15, 0.2) is 66.2 Å². The van der Waals surface area contributed by atoms with Crippen LogP contribution in [0.25, 0.3) is 11.1 Å². The third-order valence-corrected chi connectivity index (χ3v) is 3.14. The van der Waals surface area contributed by atoms with E-state index in [9.17, 15) is 4.79 Å². The molecule has 0 radical (unpaired) electrons. The van der Waals surface area contributed by atoms with Crippen molar-refractivity contribution < 1.29 is 14.6 Å². The van der Waals surface area contributed by atoms with E-state index in [2.05, 4.69) is 0 Å². The van der Waals surface area contributed by atoms with Crippen molar-refractivity contribution in [3.8, 4) is 16.9 Å². The van der Waals surface area contributed by atoms with Crippen molar-refractivity contribution in [1.82, 2.24) is 0 Å². The number of ether oxygens (including phenoxy) is 1. The van der Waals surface area contributed by atoms with Crippen molar-refractivity contribution in [2.75, 3.05) is 6.61 Å². The fourth-order valence-corrected chi connectivity index (χ4v) is 1.98. The van der Waals surface area contributed by atoms with E-state index < -0.39 is 5.97 Å². The number of rotatable bonds is 6. The Hall–Kier alpha value is -2.55. The molecule has 0 aromatic heterocycles. The second-order valence-electron chi connectivity index (χ2n) is 4.69. The Kier molecular flexibility index (Phi) is 5.16. The third kappa shape index (κ3) is 4.21. The minimum absolute atomic E-state index is 0.343. The SMILES string of the molecule is CC(=CCCOc1ccccc1-c1ccccc1)C(=O)O. The lowest BCUT2D eigenvalue weighted by Gasteiger charge is -2.11. The van der Waals surface area contributed by atoms with Gasteiger partial charge in [-0.15, -0.1) is 0 Å². The first-order valence-electron chi connectivity index (χ1n) is 6.86. The molecular weight excluding hydrogens is 264 g/mol. The molecule has 0 fully saturated rings. The van der Waals surface area contributed by atoms with Crippen molar-refractivity contribution in [2.24, 2.45) is 0 Å². The summed E-state index contributed by atoms with van der Waals surface area (Å²) < 4.78 is 5.78. The lowest BCUT2D eigenvalue weighted by atomic mass is 10.1. The number of para-hydroxylation sites is 1. The standard InChI is InChI=1S/C18H18O3/c1-14(18(19)20)8-7-13-21-17-12-6-5-11-16(17)15-9-3-2-4-10-15/h2-6,8-12H,7,13H2,1H3,(H,19,20). The van der Waals surface area contributed by atoms with E-state index in [0.717, 1.165) is 16.9 Å². The zero-order valence-electron chi connectivity index (χ0n) is 12.0. The van der Waals surface area contributed by atoms with Crippen LogP contribution in [-0.4, -0.2) is 17.7 Å². The lowest BCUT2D eigenvalue weighted by Crippen LogP contribution is -2.00. The molecule has 0 amide bonds. The predicted octanol–water partition coefficient (Wildman–Crippen LogP) is 4.15. The van der Waals surface area contributed by atoms with Crippen LogP contribution in [0, 0.1) is 0 Å². The van der Waals surface area contributed by atoms with Crippen molar-refractivity contribution in [3.05, 3.63) is 66.2 Å². The van der Waals surface area contributed by atoms with Gasteiger partial charge in [0.05, 0.1) is 6.61 Å². The summed E-state index contributed by atoms with van der Waals surface area (Å²) in [4.78, 5) is 10.7. The van der Waals surface area contributed by atoms with Crippen molar-refractivity contribution in [3.63, 3.8) is 0 Å². The first kappa shape index (κ1) is 14.9. The lowest BCUT2D eigenvalue weighted by molar-refractivity contribution is -0.132. The monoisotopic (exact) mass is 282 g/mol. The van der Waals surface area contributed by atoms with E-state index in [0.29, 0.717) is 18.6 Å². The molecule has 2 aromatic carbocycles. The highest BCUT2D eigenvalue weighted by molar-refractivity contribution is 5.85. The van der Waals surface area contributed by atoms with Crippen LogP contribution in [0.2, 0.25) is 0 Å². The molecule has 1 N–H and O–H groups in total. The van der Waals surface area contributed by atoms with Crippen molar-refractivity contribution in [1.29, 1.82) is 0 Å². The number of benzene rings is 2. The minimum atomic E-state index is -0.889. The number of hydrogen-bond donors (Lipinski definition) is 1. The number of hydrogen-bond acceptors (Lipinski definition) is 2. The van der Waals surface area contributed by atoms with E-state index in [4.69, 9.17) is 9.84 Å². The number of carboxylic acid groups (broad SMARTS) is 1. The maximum Gasteiger partial charge on any atom is 0.330 e. The number of carbonyl (C=O) groups is 1. The van der Waals surface area contributed by atoms with Gasteiger partial charge in [-0.1, -0.05) is 54.6 Å². The fourth-order valence-electron chi connectivity index (χ4n) is 1.98. The van der Waals surface area contributed by atoms with Crippen LogP contribution in [0.4, 0.5) is 0 Å². The second kappa shape index (κ2) is 7.29. The van der Waals surface area contributed by atoms with E-state index in [1.165, 1.54) is 0 Å². The van der Waals surface area contributed by atoms with E-state index in [1.807, 2.05) is 54.6 Å². The second-order valence-corrected chi connectivity index (χ2v) is 4.69. The molecule has 0 saturated carbocycles. The fraction of sp³-hybridized carbons (Fsp3) is 0.167. The summed E-state index contributed by atoms with van der Waals surface area (Å²) in [5.74, 6) is -0.0789. The highest BCUT2D eigenvalue weighted by atomic mass is 16.5. The van der Waals surface area contributed by atoms with Gasteiger partial charge >= 0.3 is 5.97 Å². The highest BCUT2D eigenvalue weighted by Gasteiger charge is 2.05. The zero-order chi connectivity index (χ0) is 15.1. The Labute approximate surface area is 124 Å². The van der Waals surface area contributed by atoms with Crippen LogP contribution in [0.3, 0.4) is 0 Å². The molecule has 2 aromatic rings. The highest BCUT2D eigenvalue weighted by Crippen LogP contribution is 2.29. The molecule has 3 nitrogen and oxygen atoms in total. The molecule has 0 aliphatic carbocycles. The molecule has 21 heavy (non-hydrogen) atoms. The van der Waals surface area contributed by atoms with Crippen LogP contribution >= 0.6 is 0 Å². The molecule has 2 rings (SSSR count). The van der Waals surface area contributed by atoms with Gasteiger partial charge in [-0.3, -0.25) is 0 Å². The van der Waals surface area contributed by atoms with Crippen molar-refractivity contribution >= 4 is 5.97 Å². The minimum Gasteiger partial charge on any atom is -0.493 e. The molecule has 0 saturated heterocycles. The maximum absolute atomic E-state index is 10.7. The predicted molar refractivity (Wildman–Crippen MR) is 83.4 cm³/mol. The zero-order valence-corrected chi connectivity index (χ0v) is 12.0. The van der Waals surface area contributed by atoms with Crippen LogP contribution in [0.5, 0.6) is 5.75 Å². The normalized spacial score (nSPS) is 11.2. The molecular formula is C18H18O3. The summed E-state index contributed by atoms with van der Waals surface area (Å²) in [7, 11) is 0. The van der Waals surface area contributed by atoms with Gasteiger partial charge in [0.1, 0.15) is 5.75 Å². The molecule has 0 aliphatic heterocycles. The largest absolute Gasteiger partial charge is 0.493 e. The Balaban J connectivity index is 2.05. The molecule has 0 heterocycles. The summed E-state index contributed by atoms with van der Waals surface area (Å²) in [6.45, 7) is 2.04. The number of aliphatic carboxylic acids is 1. The third-order valence-electron chi connectivity index (χ3n) is 3.14. The summed E-state index contributed by atoms with van der Waals surface area (Å²) in [6.07, 6.45) is 2.24. The maximum atomic E-state index is 10.7. The summed E-state index contributed by atoms with van der Waals surface area (Å²) in [5, 5.41) is 8.78. The summed E-state index contributed by atoms with van der Waals surface area (Å²) in [6, 6.07) is 17.9. The average molecular weight is 282 g/mol. The Morgan fingerprint density at radius 2 is 1.76 bits per heavy atom. The first-order chi connectivity index (χ1) is 10.2. The molecule has 0 spiro atoms. The molecule has 3 heteroatoms. The van der Waals surface area contributed by atoms with Gasteiger partial charge in [0, 0.05) is 17.6 Å². The Morgan fingerprint density at radius 1 is 1.10 bits per heavy atom. The van der Waals surface area contributed by atoms with Gasteiger partial charge in [-0.2, -0.15) is 0 Å². The quantitative estimate of drug-likeness (QED) is 0.639. The van der Waals surface area contributed by atoms with Gasteiger partial charge in [0.2, 0.25) is 0 Å². The molecule has 108 valence electrons. The topological polar surface area (TPSA) is 46.5 Å². The average Bonchev–Trinajstić information content (AvgIpc) is 2.52.